The number of nitrogens with zero attached hydrogens (tertiary/aromatic N) is 1. The largest absolute Gasteiger partial charge is 0.497 e. The lowest BCUT2D eigenvalue weighted by Gasteiger charge is -2.58. The molecule has 3 heteroatoms. The van der Waals surface area contributed by atoms with Crippen molar-refractivity contribution in [2.75, 3.05) is 27.3 Å². The molecular formula is C19H27NO2. The van der Waals surface area contributed by atoms with E-state index in [0.29, 0.717) is 12.1 Å². The second kappa shape index (κ2) is 5.24. The van der Waals surface area contributed by atoms with Gasteiger partial charge in [0.05, 0.1) is 13.2 Å². The molecule has 0 saturated carbocycles. The maximum atomic E-state index is 6.33. The Labute approximate surface area is 133 Å². The van der Waals surface area contributed by atoms with Crippen molar-refractivity contribution < 1.29 is 9.47 Å². The average Bonchev–Trinajstić information content (AvgIpc) is 2.57. The summed E-state index contributed by atoms with van der Waals surface area (Å²) in [6, 6.07) is 5.10. The molecule has 0 amide bonds. The van der Waals surface area contributed by atoms with E-state index >= 15 is 0 Å². The summed E-state index contributed by atoms with van der Waals surface area (Å²) in [7, 11) is 4.06. The highest BCUT2D eigenvalue weighted by Gasteiger charge is 2.54. The van der Waals surface area contributed by atoms with Crippen LogP contribution < -0.4 is 4.74 Å². The zero-order valence-electron chi connectivity index (χ0n) is 14.0. The number of hydrogen-bond donors (Lipinski definition) is 0. The van der Waals surface area contributed by atoms with E-state index < -0.39 is 0 Å². The topological polar surface area (TPSA) is 21.7 Å². The first kappa shape index (κ1) is 14.5. The molecule has 2 aliphatic heterocycles. The Morgan fingerprint density at radius 2 is 2.23 bits per heavy atom. The number of hydrogen-bond acceptors (Lipinski definition) is 3. The molecule has 3 atom stereocenters. The number of fused-ring (bicyclic) bond motifs is 1. The van der Waals surface area contributed by atoms with E-state index in [0.717, 1.165) is 25.2 Å². The van der Waals surface area contributed by atoms with Crippen molar-refractivity contribution in [3.05, 3.63) is 28.8 Å². The molecule has 4 rings (SSSR count). The van der Waals surface area contributed by atoms with Crippen molar-refractivity contribution in [1.82, 2.24) is 4.90 Å². The molecule has 0 N–H and O–H groups in total. The summed E-state index contributed by atoms with van der Waals surface area (Å²) in [5.74, 6) is 1.02. The Morgan fingerprint density at radius 1 is 1.36 bits per heavy atom. The smallest absolute Gasteiger partial charge is 0.119 e. The monoisotopic (exact) mass is 301 g/mol. The van der Waals surface area contributed by atoms with Crippen LogP contribution in [0.3, 0.4) is 0 Å². The number of benzene rings is 1. The van der Waals surface area contributed by atoms with Gasteiger partial charge < -0.3 is 14.4 Å². The van der Waals surface area contributed by atoms with E-state index in [4.69, 9.17) is 9.47 Å². The van der Waals surface area contributed by atoms with Crippen molar-refractivity contribution >= 4 is 0 Å². The van der Waals surface area contributed by atoms with Gasteiger partial charge in [-0.25, -0.2) is 0 Å². The van der Waals surface area contributed by atoms with Crippen LogP contribution in [0.1, 0.15) is 42.9 Å². The highest BCUT2D eigenvalue weighted by Crippen LogP contribution is 2.52. The van der Waals surface area contributed by atoms with Gasteiger partial charge in [0, 0.05) is 18.1 Å². The molecule has 1 aromatic carbocycles. The Hall–Kier alpha value is -1.06. The minimum absolute atomic E-state index is 0.224. The van der Waals surface area contributed by atoms with Gasteiger partial charge in [-0.15, -0.1) is 0 Å². The summed E-state index contributed by atoms with van der Waals surface area (Å²) >= 11 is 0. The Balaban J connectivity index is 1.92. The van der Waals surface area contributed by atoms with Crippen molar-refractivity contribution in [1.29, 1.82) is 0 Å². The summed E-state index contributed by atoms with van der Waals surface area (Å²) in [6.45, 7) is 4.37. The van der Waals surface area contributed by atoms with Crippen molar-refractivity contribution in [2.45, 2.75) is 56.6 Å². The SMILES string of the molecule is CCc1cc(OC)cc2c1C[C@@H]1[C@@H]3OCCC[C@]23CCN1C. The van der Waals surface area contributed by atoms with Crippen molar-refractivity contribution in [2.24, 2.45) is 0 Å². The van der Waals surface area contributed by atoms with Gasteiger partial charge in [-0.05, 0) is 74.5 Å². The average molecular weight is 301 g/mol. The maximum Gasteiger partial charge on any atom is 0.119 e. The van der Waals surface area contributed by atoms with Crippen LogP contribution in [0.4, 0.5) is 0 Å². The number of likely N-dealkylation sites (N-methyl/N-ethyl adjacent to an activating group) is 1. The van der Waals surface area contributed by atoms with Gasteiger partial charge >= 0.3 is 0 Å². The number of methoxy groups -OCH3 is 1. The van der Waals surface area contributed by atoms with E-state index in [2.05, 4.69) is 31.0 Å². The lowest BCUT2D eigenvalue weighted by molar-refractivity contribution is -0.122. The summed E-state index contributed by atoms with van der Waals surface area (Å²) in [6.07, 6.45) is 6.25. The second-order valence-corrected chi connectivity index (χ2v) is 7.22. The third kappa shape index (κ3) is 1.88. The Bertz CT molecular complexity index is 585. The van der Waals surface area contributed by atoms with E-state index in [1.54, 1.807) is 12.7 Å². The molecule has 0 aromatic heterocycles. The normalized spacial score (nSPS) is 34.0. The van der Waals surface area contributed by atoms with E-state index in [9.17, 15) is 0 Å². The predicted octanol–water partition coefficient (Wildman–Crippen LogP) is 2.93. The molecule has 0 radical (unpaired) electrons. The van der Waals surface area contributed by atoms with Gasteiger partial charge in [-0.1, -0.05) is 6.92 Å². The standard InChI is InChI=1S/C19H27NO2/c1-4-13-10-14(21-3)11-16-15(13)12-17-18-19(16,6-5-9-22-18)7-8-20(17)2/h10-11,17-18H,4-9,12H2,1-3H3/t17-,18+,19+/m1/s1. The van der Waals surface area contributed by atoms with Crippen LogP contribution in [0.5, 0.6) is 5.75 Å². The fraction of sp³-hybridized carbons (Fsp3) is 0.684. The number of aryl methyl sites for hydroxylation is 1. The minimum atomic E-state index is 0.224. The third-order valence-electron chi connectivity index (χ3n) is 6.32. The number of ether oxygens (including phenoxy) is 2. The van der Waals surface area contributed by atoms with E-state index in [1.165, 1.54) is 36.9 Å². The van der Waals surface area contributed by atoms with Gasteiger partial charge in [0.1, 0.15) is 5.75 Å². The predicted molar refractivity (Wildman–Crippen MR) is 87.8 cm³/mol. The number of rotatable bonds is 2. The molecule has 0 spiro atoms. The van der Waals surface area contributed by atoms with Crippen LogP contribution >= 0.6 is 0 Å². The quantitative estimate of drug-likeness (QED) is 0.838. The summed E-state index contributed by atoms with van der Waals surface area (Å²) in [5.41, 5.74) is 4.82. The maximum absolute atomic E-state index is 6.33. The first-order chi connectivity index (χ1) is 10.7. The summed E-state index contributed by atoms with van der Waals surface area (Å²) < 4.78 is 11.9. The van der Waals surface area contributed by atoms with Crippen LogP contribution in [0.25, 0.3) is 0 Å². The molecule has 3 aliphatic rings. The Kier molecular flexibility index (Phi) is 3.46. The van der Waals surface area contributed by atoms with E-state index in [1.807, 2.05) is 0 Å². The van der Waals surface area contributed by atoms with Crippen LogP contribution in [0.15, 0.2) is 12.1 Å². The Morgan fingerprint density at radius 3 is 3.00 bits per heavy atom. The van der Waals surface area contributed by atoms with Gasteiger partial charge in [0.15, 0.2) is 0 Å². The molecule has 2 fully saturated rings. The van der Waals surface area contributed by atoms with Gasteiger partial charge in [-0.2, -0.15) is 0 Å². The van der Waals surface area contributed by atoms with Gasteiger partial charge in [0.25, 0.3) is 0 Å². The zero-order chi connectivity index (χ0) is 15.3. The molecule has 1 aliphatic carbocycles. The van der Waals surface area contributed by atoms with Crippen molar-refractivity contribution in [3.8, 4) is 5.75 Å². The highest BCUT2D eigenvalue weighted by atomic mass is 16.5. The van der Waals surface area contributed by atoms with Crippen molar-refractivity contribution in [3.63, 3.8) is 0 Å². The third-order valence-corrected chi connectivity index (χ3v) is 6.32. The van der Waals surface area contributed by atoms with Gasteiger partial charge in [0.2, 0.25) is 0 Å². The molecule has 2 saturated heterocycles. The fourth-order valence-electron chi connectivity index (χ4n) is 5.14. The molecule has 0 unspecified atom stereocenters. The lowest BCUT2D eigenvalue weighted by atomic mass is 9.58. The molecule has 120 valence electrons. The molecule has 2 heterocycles. The van der Waals surface area contributed by atoms with Crippen LogP contribution in [-0.4, -0.2) is 44.4 Å². The summed E-state index contributed by atoms with van der Waals surface area (Å²) in [5, 5.41) is 0. The van der Waals surface area contributed by atoms with E-state index in [-0.39, 0.29) is 5.41 Å². The first-order valence-corrected chi connectivity index (χ1v) is 8.71. The summed E-state index contributed by atoms with van der Waals surface area (Å²) in [4.78, 5) is 2.53. The molecule has 2 bridgehead atoms. The second-order valence-electron chi connectivity index (χ2n) is 7.22. The minimum Gasteiger partial charge on any atom is -0.497 e. The van der Waals surface area contributed by atoms with Crippen LogP contribution in [0, 0.1) is 0 Å². The zero-order valence-corrected chi connectivity index (χ0v) is 14.0. The lowest BCUT2D eigenvalue weighted by Crippen LogP contribution is -2.64. The van der Waals surface area contributed by atoms with Gasteiger partial charge in [-0.3, -0.25) is 0 Å². The van der Waals surface area contributed by atoms with Crippen LogP contribution in [0.2, 0.25) is 0 Å². The highest BCUT2D eigenvalue weighted by molar-refractivity contribution is 5.50. The first-order valence-electron chi connectivity index (χ1n) is 8.71. The number of likely N-dealkylation sites (tertiary alicyclic amines) is 1. The molecular weight excluding hydrogens is 274 g/mol. The van der Waals surface area contributed by atoms with Crippen LogP contribution in [-0.2, 0) is 23.0 Å². The molecule has 1 aromatic rings. The molecule has 3 nitrogen and oxygen atoms in total. The molecule has 22 heavy (non-hydrogen) atoms. The number of piperidine rings is 1. The fourth-order valence-corrected chi connectivity index (χ4v) is 5.14.